The molecule has 0 heterocycles. The molecule has 3 nitrogen and oxygen atoms in total. The number of hydrogen-bond donors (Lipinski definition) is 2. The van der Waals surface area contributed by atoms with Crippen molar-refractivity contribution in [2.24, 2.45) is 11.1 Å². The molecule has 0 amide bonds. The molecule has 1 aliphatic carbocycles. The lowest BCUT2D eigenvalue weighted by atomic mass is 9.72. The van der Waals surface area contributed by atoms with E-state index in [1.165, 1.54) is 0 Å². The summed E-state index contributed by atoms with van der Waals surface area (Å²) < 4.78 is 0. The average molecular weight is 169 g/mol. The second kappa shape index (κ2) is 3.27. The Morgan fingerprint density at radius 2 is 2.50 bits per heavy atom. The van der Waals surface area contributed by atoms with E-state index in [9.17, 15) is 4.79 Å². The van der Waals surface area contributed by atoms with Crippen molar-refractivity contribution < 1.29 is 9.90 Å². The van der Waals surface area contributed by atoms with Crippen LogP contribution in [0, 0.1) is 5.41 Å². The Hall–Kier alpha value is -0.830. The van der Waals surface area contributed by atoms with Crippen molar-refractivity contribution >= 4 is 5.97 Å². The first-order valence-corrected chi connectivity index (χ1v) is 4.29. The fraction of sp³-hybridized carbons (Fsp3) is 0.667. The Morgan fingerprint density at radius 1 is 1.83 bits per heavy atom. The topological polar surface area (TPSA) is 63.3 Å². The first-order valence-electron chi connectivity index (χ1n) is 4.29. The minimum Gasteiger partial charge on any atom is -0.481 e. The molecule has 1 rings (SSSR count). The van der Waals surface area contributed by atoms with E-state index in [4.69, 9.17) is 10.8 Å². The average Bonchev–Trinajstić information content (AvgIpc) is 2.05. The molecule has 0 saturated carbocycles. The van der Waals surface area contributed by atoms with Crippen LogP contribution in [0.1, 0.15) is 26.2 Å². The first kappa shape index (κ1) is 9.26. The molecule has 2 atom stereocenters. The highest BCUT2D eigenvalue weighted by molar-refractivity contribution is 5.76. The Bertz CT molecular complexity index is 213. The number of allylic oxidation sites excluding steroid dienone is 1. The molecule has 12 heavy (non-hydrogen) atoms. The fourth-order valence-corrected chi connectivity index (χ4v) is 1.75. The molecule has 0 spiro atoms. The summed E-state index contributed by atoms with van der Waals surface area (Å²) in [7, 11) is 0. The maximum absolute atomic E-state index is 11.0. The summed E-state index contributed by atoms with van der Waals surface area (Å²) in [5, 5.41) is 9.05. The molecule has 68 valence electrons. The summed E-state index contributed by atoms with van der Waals surface area (Å²) in [6.45, 7) is 1.88. The standard InChI is InChI=1S/C9H15NO2/c1-2-9(8(11)12)6-4-3-5-7(9)10/h3,5,7H,2,4,6,10H2,1H3,(H,11,12)/t7-,9+/m1/s1. The minimum atomic E-state index is -0.762. The lowest BCUT2D eigenvalue weighted by molar-refractivity contribution is -0.150. The highest BCUT2D eigenvalue weighted by atomic mass is 16.4. The Kier molecular flexibility index (Phi) is 2.52. The van der Waals surface area contributed by atoms with E-state index >= 15 is 0 Å². The highest BCUT2D eigenvalue weighted by Crippen LogP contribution is 2.35. The zero-order chi connectivity index (χ0) is 9.19. The van der Waals surface area contributed by atoms with Gasteiger partial charge in [0.1, 0.15) is 0 Å². The van der Waals surface area contributed by atoms with Crippen molar-refractivity contribution in [3.8, 4) is 0 Å². The Morgan fingerprint density at radius 3 is 2.83 bits per heavy atom. The maximum Gasteiger partial charge on any atom is 0.311 e. The Labute approximate surface area is 72.3 Å². The van der Waals surface area contributed by atoms with Crippen molar-refractivity contribution in [1.82, 2.24) is 0 Å². The van der Waals surface area contributed by atoms with E-state index in [-0.39, 0.29) is 6.04 Å². The predicted octanol–water partition coefficient (Wildman–Crippen LogP) is 1.14. The monoisotopic (exact) mass is 169 g/mol. The summed E-state index contributed by atoms with van der Waals surface area (Å²) in [4.78, 5) is 11.0. The van der Waals surface area contributed by atoms with Crippen LogP contribution in [0.5, 0.6) is 0 Å². The van der Waals surface area contributed by atoms with Crippen molar-refractivity contribution in [3.63, 3.8) is 0 Å². The van der Waals surface area contributed by atoms with Gasteiger partial charge >= 0.3 is 5.97 Å². The van der Waals surface area contributed by atoms with Crippen molar-refractivity contribution in [2.75, 3.05) is 0 Å². The van der Waals surface area contributed by atoms with E-state index in [0.717, 1.165) is 6.42 Å². The zero-order valence-corrected chi connectivity index (χ0v) is 7.29. The quantitative estimate of drug-likeness (QED) is 0.609. The Balaban J connectivity index is 2.91. The SMILES string of the molecule is CC[C@]1(C(=O)O)CCC=C[C@H]1N. The molecular weight excluding hydrogens is 154 g/mol. The first-order chi connectivity index (χ1) is 5.63. The molecule has 3 heteroatoms. The largest absolute Gasteiger partial charge is 0.481 e. The van der Waals surface area contributed by atoms with Gasteiger partial charge in [0.15, 0.2) is 0 Å². The molecule has 0 bridgehead atoms. The summed E-state index contributed by atoms with van der Waals surface area (Å²) in [6, 6.07) is -0.325. The van der Waals surface area contributed by atoms with Gasteiger partial charge in [-0.1, -0.05) is 19.1 Å². The van der Waals surface area contributed by atoms with Crippen LogP contribution < -0.4 is 5.73 Å². The second-order valence-corrected chi connectivity index (χ2v) is 3.31. The van der Waals surface area contributed by atoms with Crippen LogP contribution in [0.3, 0.4) is 0 Å². The van der Waals surface area contributed by atoms with Gasteiger partial charge in [-0.15, -0.1) is 0 Å². The maximum atomic E-state index is 11.0. The van der Waals surface area contributed by atoms with Gasteiger partial charge in [0, 0.05) is 6.04 Å². The lowest BCUT2D eigenvalue weighted by Crippen LogP contribution is -2.47. The van der Waals surface area contributed by atoms with Gasteiger partial charge in [0.25, 0.3) is 0 Å². The van der Waals surface area contributed by atoms with Gasteiger partial charge in [-0.2, -0.15) is 0 Å². The molecule has 0 aromatic carbocycles. The van der Waals surface area contributed by atoms with Crippen LogP contribution in [0.15, 0.2) is 12.2 Å². The summed E-state index contributed by atoms with van der Waals surface area (Å²) in [5.41, 5.74) is 5.04. The third-order valence-electron chi connectivity index (χ3n) is 2.80. The van der Waals surface area contributed by atoms with Gasteiger partial charge in [0.05, 0.1) is 5.41 Å². The van der Waals surface area contributed by atoms with Crippen LogP contribution >= 0.6 is 0 Å². The number of carboxylic acids is 1. The molecule has 0 fully saturated rings. The molecule has 0 aromatic rings. The molecule has 0 aliphatic heterocycles. The van der Waals surface area contributed by atoms with Crippen LogP contribution in [0.25, 0.3) is 0 Å². The van der Waals surface area contributed by atoms with Gasteiger partial charge < -0.3 is 10.8 Å². The number of nitrogens with two attached hydrogens (primary N) is 1. The lowest BCUT2D eigenvalue weighted by Gasteiger charge is -2.34. The number of aliphatic carboxylic acids is 1. The van der Waals surface area contributed by atoms with Crippen LogP contribution in [-0.4, -0.2) is 17.1 Å². The summed E-state index contributed by atoms with van der Waals surface area (Å²) in [5.74, 6) is -0.762. The van der Waals surface area contributed by atoms with E-state index in [0.29, 0.717) is 12.8 Å². The van der Waals surface area contributed by atoms with Gasteiger partial charge in [-0.3, -0.25) is 4.79 Å². The zero-order valence-electron chi connectivity index (χ0n) is 7.29. The number of carbonyl (C=O) groups is 1. The van der Waals surface area contributed by atoms with E-state index < -0.39 is 11.4 Å². The van der Waals surface area contributed by atoms with Crippen molar-refractivity contribution in [2.45, 2.75) is 32.2 Å². The molecule has 1 aliphatic rings. The molecule has 3 N–H and O–H groups in total. The molecule has 0 radical (unpaired) electrons. The van der Waals surface area contributed by atoms with E-state index in [1.807, 2.05) is 13.0 Å². The van der Waals surface area contributed by atoms with Crippen LogP contribution in [0.4, 0.5) is 0 Å². The third-order valence-corrected chi connectivity index (χ3v) is 2.80. The van der Waals surface area contributed by atoms with Crippen LogP contribution in [-0.2, 0) is 4.79 Å². The second-order valence-electron chi connectivity index (χ2n) is 3.31. The fourth-order valence-electron chi connectivity index (χ4n) is 1.75. The summed E-state index contributed by atoms with van der Waals surface area (Å²) >= 11 is 0. The van der Waals surface area contributed by atoms with Crippen molar-refractivity contribution in [1.29, 1.82) is 0 Å². The van der Waals surface area contributed by atoms with Gasteiger partial charge in [-0.05, 0) is 19.3 Å². The molecule has 0 saturated heterocycles. The summed E-state index contributed by atoms with van der Waals surface area (Å²) in [6.07, 6.45) is 5.86. The molecule has 0 unspecified atom stereocenters. The third kappa shape index (κ3) is 1.25. The molecular formula is C9H15NO2. The number of carboxylic acid groups (broad SMARTS) is 1. The van der Waals surface area contributed by atoms with Crippen LogP contribution in [0.2, 0.25) is 0 Å². The van der Waals surface area contributed by atoms with Gasteiger partial charge in [0.2, 0.25) is 0 Å². The van der Waals surface area contributed by atoms with E-state index in [1.54, 1.807) is 6.08 Å². The predicted molar refractivity (Wildman–Crippen MR) is 46.7 cm³/mol. The van der Waals surface area contributed by atoms with Gasteiger partial charge in [-0.25, -0.2) is 0 Å². The smallest absolute Gasteiger partial charge is 0.311 e. The van der Waals surface area contributed by atoms with Crippen molar-refractivity contribution in [3.05, 3.63) is 12.2 Å². The highest BCUT2D eigenvalue weighted by Gasteiger charge is 2.42. The normalized spacial score (nSPS) is 35.0. The number of hydrogen-bond acceptors (Lipinski definition) is 2. The molecule has 0 aromatic heterocycles. The number of rotatable bonds is 2. The van der Waals surface area contributed by atoms with E-state index in [2.05, 4.69) is 0 Å². The minimum absolute atomic E-state index is 0.325.